The summed E-state index contributed by atoms with van der Waals surface area (Å²) in [6.45, 7) is 17.6. The highest BCUT2D eigenvalue weighted by Gasteiger charge is 2.24. The van der Waals surface area contributed by atoms with Gasteiger partial charge < -0.3 is 36.1 Å². The van der Waals surface area contributed by atoms with Crippen LogP contribution in [0.15, 0.2) is 0 Å². The van der Waals surface area contributed by atoms with Gasteiger partial charge in [0.2, 0.25) is 11.8 Å². The lowest BCUT2D eigenvalue weighted by molar-refractivity contribution is -0.125. The van der Waals surface area contributed by atoms with E-state index in [0.717, 1.165) is 32.2 Å². The van der Waals surface area contributed by atoms with Gasteiger partial charge >= 0.3 is 12.2 Å². The maximum absolute atomic E-state index is 12.8. The van der Waals surface area contributed by atoms with Crippen molar-refractivity contribution < 1.29 is 28.7 Å². The molecule has 0 fully saturated rings. The van der Waals surface area contributed by atoms with Gasteiger partial charge in [0.15, 0.2) is 0 Å². The molecule has 0 aromatic carbocycles. The van der Waals surface area contributed by atoms with E-state index in [0.29, 0.717) is 45.4 Å². The number of hydrogen-bond donors (Lipinski definition) is 5. The lowest BCUT2D eigenvalue weighted by Crippen LogP contribution is -2.48. The van der Waals surface area contributed by atoms with Gasteiger partial charge in [0.25, 0.3) is 0 Å². The SMILES string of the molecule is CCCC[C@H](C)C(=O)NCCCNCCCNC(=O)[C@H](CCCNC(=O)OC(C)(C)C)NC(=O)OC(C)(C)C. The molecule has 0 rings (SSSR count). The minimum atomic E-state index is -0.795. The maximum Gasteiger partial charge on any atom is 0.408 e. The molecule has 4 amide bonds. The van der Waals surface area contributed by atoms with E-state index in [1.165, 1.54) is 0 Å². The van der Waals surface area contributed by atoms with Gasteiger partial charge in [-0.05, 0) is 86.7 Å². The third-order valence-electron chi connectivity index (χ3n) is 5.44. The molecule has 0 saturated carbocycles. The second kappa shape index (κ2) is 19.5. The fraction of sp³-hybridized carbons (Fsp3) is 0.857. The van der Waals surface area contributed by atoms with Crippen LogP contribution in [0.2, 0.25) is 0 Å². The molecule has 228 valence electrons. The first kappa shape index (κ1) is 36.4. The Kier molecular flexibility index (Phi) is 18.2. The van der Waals surface area contributed by atoms with Gasteiger partial charge in [-0.3, -0.25) is 9.59 Å². The molecule has 0 aliphatic heterocycles. The van der Waals surface area contributed by atoms with E-state index in [1.54, 1.807) is 41.5 Å². The van der Waals surface area contributed by atoms with Crippen molar-refractivity contribution in [3.63, 3.8) is 0 Å². The molecule has 0 aliphatic rings. The summed E-state index contributed by atoms with van der Waals surface area (Å²) in [7, 11) is 0. The Morgan fingerprint density at radius 3 is 1.69 bits per heavy atom. The highest BCUT2D eigenvalue weighted by atomic mass is 16.6. The van der Waals surface area contributed by atoms with E-state index in [-0.39, 0.29) is 17.7 Å². The van der Waals surface area contributed by atoms with Crippen LogP contribution in [0.25, 0.3) is 0 Å². The molecule has 0 spiro atoms. The molecule has 0 aromatic heterocycles. The molecular formula is C28H55N5O6. The Labute approximate surface area is 235 Å². The van der Waals surface area contributed by atoms with Crippen LogP contribution < -0.4 is 26.6 Å². The zero-order valence-corrected chi connectivity index (χ0v) is 25.6. The average molecular weight is 558 g/mol. The molecule has 11 nitrogen and oxygen atoms in total. The summed E-state index contributed by atoms with van der Waals surface area (Å²) >= 11 is 0. The molecular weight excluding hydrogens is 502 g/mol. The largest absolute Gasteiger partial charge is 0.444 e. The zero-order chi connectivity index (χ0) is 29.9. The predicted molar refractivity (Wildman–Crippen MR) is 153 cm³/mol. The van der Waals surface area contributed by atoms with Crippen LogP contribution in [0.5, 0.6) is 0 Å². The maximum atomic E-state index is 12.8. The second-order valence-electron chi connectivity index (χ2n) is 11.9. The summed E-state index contributed by atoms with van der Waals surface area (Å²) in [6, 6.07) is -0.795. The Morgan fingerprint density at radius 1 is 0.641 bits per heavy atom. The average Bonchev–Trinajstić information content (AvgIpc) is 2.80. The number of nitrogens with one attached hydrogen (secondary N) is 5. The van der Waals surface area contributed by atoms with Gasteiger partial charge in [-0.2, -0.15) is 0 Å². The van der Waals surface area contributed by atoms with Gasteiger partial charge in [0.05, 0.1) is 0 Å². The molecule has 0 radical (unpaired) electrons. The number of unbranched alkanes of at least 4 members (excludes halogenated alkanes) is 1. The van der Waals surface area contributed by atoms with E-state index in [4.69, 9.17) is 9.47 Å². The molecule has 0 aromatic rings. The van der Waals surface area contributed by atoms with E-state index in [9.17, 15) is 19.2 Å². The number of alkyl carbamates (subject to hydrolysis) is 2. The summed E-state index contributed by atoms with van der Waals surface area (Å²) in [6.07, 6.45) is 4.21. The van der Waals surface area contributed by atoms with E-state index in [2.05, 4.69) is 33.5 Å². The van der Waals surface area contributed by atoms with Crippen molar-refractivity contribution in [3.05, 3.63) is 0 Å². The number of amides is 4. The molecule has 2 atom stereocenters. The molecule has 0 bridgehead atoms. The molecule has 39 heavy (non-hydrogen) atoms. The van der Waals surface area contributed by atoms with Crippen LogP contribution in [0.4, 0.5) is 9.59 Å². The van der Waals surface area contributed by atoms with Crippen LogP contribution in [0.1, 0.15) is 100 Å². The fourth-order valence-corrected chi connectivity index (χ4v) is 3.44. The lowest BCUT2D eigenvalue weighted by Gasteiger charge is -2.23. The van der Waals surface area contributed by atoms with Crippen molar-refractivity contribution in [2.45, 2.75) is 118 Å². The van der Waals surface area contributed by atoms with E-state index in [1.807, 2.05) is 6.92 Å². The number of hydrogen-bond acceptors (Lipinski definition) is 7. The van der Waals surface area contributed by atoms with Gasteiger partial charge in [0.1, 0.15) is 17.2 Å². The Morgan fingerprint density at radius 2 is 1.15 bits per heavy atom. The summed E-state index contributed by atoms with van der Waals surface area (Å²) in [5.41, 5.74) is -1.28. The van der Waals surface area contributed by atoms with Crippen molar-refractivity contribution >= 4 is 24.0 Å². The number of carbonyl (C=O) groups is 4. The topological polar surface area (TPSA) is 147 Å². The van der Waals surface area contributed by atoms with Gasteiger partial charge in [-0.25, -0.2) is 9.59 Å². The molecule has 0 unspecified atom stereocenters. The van der Waals surface area contributed by atoms with Crippen molar-refractivity contribution in [2.75, 3.05) is 32.7 Å². The fourth-order valence-electron chi connectivity index (χ4n) is 3.44. The van der Waals surface area contributed by atoms with Crippen LogP contribution in [-0.4, -0.2) is 74.0 Å². The third-order valence-corrected chi connectivity index (χ3v) is 5.44. The van der Waals surface area contributed by atoms with Crippen LogP contribution in [0, 0.1) is 5.92 Å². The van der Waals surface area contributed by atoms with Crippen molar-refractivity contribution in [2.24, 2.45) is 5.92 Å². The first-order valence-corrected chi connectivity index (χ1v) is 14.4. The van der Waals surface area contributed by atoms with Crippen molar-refractivity contribution in [1.82, 2.24) is 26.6 Å². The minimum Gasteiger partial charge on any atom is -0.444 e. The van der Waals surface area contributed by atoms with Crippen LogP contribution >= 0.6 is 0 Å². The minimum absolute atomic E-state index is 0.0522. The summed E-state index contributed by atoms with van der Waals surface area (Å²) < 4.78 is 10.5. The quantitative estimate of drug-likeness (QED) is 0.162. The van der Waals surface area contributed by atoms with Gasteiger partial charge in [-0.1, -0.05) is 26.7 Å². The first-order chi connectivity index (χ1) is 18.1. The lowest BCUT2D eigenvalue weighted by atomic mass is 10.0. The van der Waals surface area contributed by atoms with Crippen LogP contribution in [0.3, 0.4) is 0 Å². The molecule has 5 N–H and O–H groups in total. The normalized spacial score (nSPS) is 13.1. The van der Waals surface area contributed by atoms with E-state index >= 15 is 0 Å². The first-order valence-electron chi connectivity index (χ1n) is 14.4. The number of ether oxygens (including phenoxy) is 2. The van der Waals surface area contributed by atoms with Crippen LogP contribution in [-0.2, 0) is 19.1 Å². The second-order valence-corrected chi connectivity index (χ2v) is 11.9. The molecule has 11 heteroatoms. The summed E-state index contributed by atoms with van der Waals surface area (Å²) in [4.78, 5) is 48.9. The van der Waals surface area contributed by atoms with Crippen molar-refractivity contribution in [3.8, 4) is 0 Å². The standard InChI is InChI=1S/C28H55N5O6/c1-9-10-14-21(2)23(34)30-19-12-16-29-17-13-20-31-24(35)22(33-26(37)39-28(6,7)8)15-11-18-32-25(36)38-27(3,4)5/h21-22,29H,9-20H2,1-8H3,(H,30,34)(H,31,35)(H,32,36)(H,33,37)/t21-,22-/m0/s1. The Balaban J connectivity index is 4.35. The molecule has 0 aliphatic carbocycles. The highest BCUT2D eigenvalue weighted by Crippen LogP contribution is 2.09. The number of rotatable bonds is 18. The number of carbonyl (C=O) groups excluding carboxylic acids is 4. The summed E-state index contributed by atoms with van der Waals surface area (Å²) in [5, 5.41) is 14.4. The molecule has 0 saturated heterocycles. The van der Waals surface area contributed by atoms with Gasteiger partial charge in [0, 0.05) is 25.6 Å². The molecule has 0 heterocycles. The Bertz CT molecular complexity index is 733. The highest BCUT2D eigenvalue weighted by molar-refractivity contribution is 5.85. The predicted octanol–water partition coefficient (Wildman–Crippen LogP) is 3.61. The summed E-state index contributed by atoms with van der Waals surface area (Å²) in [5.74, 6) is -0.143. The van der Waals surface area contributed by atoms with Gasteiger partial charge in [-0.15, -0.1) is 0 Å². The Hall–Kier alpha value is -2.56. The third kappa shape index (κ3) is 22.0. The van der Waals surface area contributed by atoms with Crippen molar-refractivity contribution in [1.29, 1.82) is 0 Å². The van der Waals surface area contributed by atoms with E-state index < -0.39 is 29.4 Å². The zero-order valence-electron chi connectivity index (χ0n) is 25.6. The monoisotopic (exact) mass is 557 g/mol. The smallest absolute Gasteiger partial charge is 0.408 e.